The van der Waals surface area contributed by atoms with Crippen molar-refractivity contribution in [2.24, 2.45) is 35.5 Å². The molecule has 0 radical (unpaired) electrons. The van der Waals surface area contributed by atoms with Crippen LogP contribution in [0.25, 0.3) is 0 Å². The summed E-state index contributed by atoms with van der Waals surface area (Å²) in [4.78, 5) is 39.3. The summed E-state index contributed by atoms with van der Waals surface area (Å²) in [5.74, 6) is -2.33. The Bertz CT molecular complexity index is 1330. The molecular weight excluding hydrogens is 730 g/mol. The Balaban J connectivity index is 2.36. The zero-order valence-corrected chi connectivity index (χ0v) is 36.7. The lowest BCUT2D eigenvalue weighted by atomic mass is 9.78. The second-order valence-corrected chi connectivity index (χ2v) is 16.6. The lowest BCUT2D eigenvalue weighted by Crippen LogP contribution is -2.46. The van der Waals surface area contributed by atoms with Gasteiger partial charge < -0.3 is 43.5 Å². The van der Waals surface area contributed by atoms with Gasteiger partial charge in [-0.15, -0.1) is 0 Å². The molecule has 57 heavy (non-hydrogen) atoms. The summed E-state index contributed by atoms with van der Waals surface area (Å²) in [5.41, 5.74) is 0.799. The largest absolute Gasteiger partial charge is 0.458 e. The summed E-state index contributed by atoms with van der Waals surface area (Å²) in [6.07, 6.45) is 12.8. The maximum absolute atomic E-state index is 13.5. The van der Waals surface area contributed by atoms with Crippen LogP contribution >= 0.6 is 0 Å². The van der Waals surface area contributed by atoms with Crippen LogP contribution in [0.5, 0.6) is 0 Å². The highest BCUT2D eigenvalue weighted by Crippen LogP contribution is 2.34. The van der Waals surface area contributed by atoms with Crippen molar-refractivity contribution in [1.82, 2.24) is 4.90 Å². The highest BCUT2D eigenvalue weighted by atomic mass is 16.5. The Morgan fingerprint density at radius 3 is 2.21 bits per heavy atom. The van der Waals surface area contributed by atoms with Crippen molar-refractivity contribution in [3.8, 4) is 0 Å². The van der Waals surface area contributed by atoms with E-state index < -0.39 is 42.2 Å². The molecule has 0 fully saturated rings. The van der Waals surface area contributed by atoms with Crippen LogP contribution in [0.15, 0.2) is 48.2 Å². The lowest BCUT2D eigenvalue weighted by molar-refractivity contribution is -0.159. The van der Waals surface area contributed by atoms with Crippen LogP contribution in [0.4, 0.5) is 0 Å². The Kier molecular flexibility index (Phi) is 22.7. The normalized spacial score (nSPS) is 33.1. The van der Waals surface area contributed by atoms with Gasteiger partial charge in [-0.1, -0.05) is 77.5 Å². The van der Waals surface area contributed by atoms with Gasteiger partial charge in [-0.05, 0) is 32.1 Å². The van der Waals surface area contributed by atoms with Crippen LogP contribution in [0.1, 0.15) is 93.4 Å². The minimum atomic E-state index is -0.911. The molecule has 12 nitrogen and oxygen atoms in total. The first-order valence-corrected chi connectivity index (χ1v) is 20.7. The number of aliphatic hydroxyl groups excluding tert-OH is 2. The van der Waals surface area contributed by atoms with Crippen LogP contribution in [0, 0.1) is 35.5 Å². The summed E-state index contributed by atoms with van der Waals surface area (Å²) in [5, 5.41) is 22.7. The number of esters is 1. The first-order chi connectivity index (χ1) is 27.0. The number of amides is 1. The van der Waals surface area contributed by atoms with Gasteiger partial charge in [-0.3, -0.25) is 9.59 Å². The zero-order chi connectivity index (χ0) is 42.8. The van der Waals surface area contributed by atoms with Crippen LogP contribution in [0.2, 0.25) is 0 Å². The molecule has 0 aromatic heterocycles. The molecular formula is C45H75NO11. The van der Waals surface area contributed by atoms with Crippen LogP contribution in [-0.4, -0.2) is 124 Å². The lowest BCUT2D eigenvalue weighted by Gasteiger charge is -2.39. The summed E-state index contributed by atoms with van der Waals surface area (Å²) in [6, 6.07) is 0. The van der Waals surface area contributed by atoms with Crippen LogP contribution < -0.4 is 0 Å². The molecule has 2 heterocycles. The molecule has 0 aliphatic carbocycles. The van der Waals surface area contributed by atoms with Gasteiger partial charge in [0.25, 0.3) is 0 Å². The third kappa shape index (κ3) is 16.1. The van der Waals surface area contributed by atoms with Crippen molar-refractivity contribution in [3.05, 3.63) is 48.2 Å². The highest BCUT2D eigenvalue weighted by Gasteiger charge is 2.40. The van der Waals surface area contributed by atoms with E-state index in [1.807, 2.05) is 59.8 Å². The van der Waals surface area contributed by atoms with Gasteiger partial charge >= 0.3 is 5.97 Å². The monoisotopic (exact) mass is 806 g/mol. The first-order valence-electron chi connectivity index (χ1n) is 20.7. The van der Waals surface area contributed by atoms with E-state index in [4.69, 9.17) is 28.4 Å². The minimum absolute atomic E-state index is 0.0147. The number of ketones is 1. The minimum Gasteiger partial charge on any atom is -0.458 e. The smallest absolute Gasteiger partial charge is 0.331 e. The van der Waals surface area contributed by atoms with Crippen molar-refractivity contribution in [2.75, 3.05) is 35.5 Å². The van der Waals surface area contributed by atoms with E-state index in [0.717, 1.165) is 12.0 Å². The van der Waals surface area contributed by atoms with Crippen molar-refractivity contribution < 1.29 is 53.0 Å². The fourth-order valence-corrected chi connectivity index (χ4v) is 8.31. The number of hydrogen-bond acceptors (Lipinski definition) is 11. The number of Topliss-reactive ketones (excluding diaryl/α,β-unsaturated/α-hetero) is 1. The van der Waals surface area contributed by atoms with Gasteiger partial charge in [0, 0.05) is 103 Å². The Morgan fingerprint density at radius 2 is 1.60 bits per heavy atom. The second kappa shape index (κ2) is 25.7. The van der Waals surface area contributed by atoms with Crippen molar-refractivity contribution >= 4 is 18.2 Å². The van der Waals surface area contributed by atoms with Crippen LogP contribution in [0.3, 0.4) is 0 Å². The van der Waals surface area contributed by atoms with E-state index in [9.17, 15) is 24.6 Å². The summed E-state index contributed by atoms with van der Waals surface area (Å²) < 4.78 is 36.5. The summed E-state index contributed by atoms with van der Waals surface area (Å²) in [7, 11) is 8.22. The van der Waals surface area contributed by atoms with E-state index in [0.29, 0.717) is 38.5 Å². The molecule has 326 valence electrons. The maximum atomic E-state index is 13.5. The molecule has 2 aliphatic rings. The molecule has 0 unspecified atom stereocenters. The fourth-order valence-electron chi connectivity index (χ4n) is 8.31. The average Bonchev–Trinajstić information content (AvgIpc) is 3.20. The first kappa shape index (κ1) is 50.4. The summed E-state index contributed by atoms with van der Waals surface area (Å²) >= 11 is 0. The number of cyclic esters (lactones) is 1. The number of allylic oxidation sites excluding steroid dienone is 2. The number of rotatable bonds is 16. The number of carbonyl (C=O) groups excluding carboxylic acids is 3. The van der Waals surface area contributed by atoms with Gasteiger partial charge in [0.15, 0.2) is 0 Å². The molecule has 2 rings (SSSR count). The number of methoxy groups -OCH3 is 4. The average molecular weight is 806 g/mol. The van der Waals surface area contributed by atoms with Crippen LogP contribution in [-0.2, 0) is 42.8 Å². The topological polar surface area (TPSA) is 150 Å². The Labute approximate surface area is 343 Å². The van der Waals surface area contributed by atoms with E-state index in [2.05, 4.69) is 13.0 Å². The van der Waals surface area contributed by atoms with Gasteiger partial charge in [0.05, 0.1) is 48.8 Å². The zero-order valence-electron chi connectivity index (χ0n) is 36.7. The molecule has 2 bridgehead atoms. The molecule has 15 atom stereocenters. The second-order valence-electron chi connectivity index (χ2n) is 16.6. The van der Waals surface area contributed by atoms with Crippen molar-refractivity contribution in [2.45, 2.75) is 148 Å². The van der Waals surface area contributed by atoms with Gasteiger partial charge in [-0.25, -0.2) is 4.79 Å². The molecule has 2 aliphatic heterocycles. The molecule has 0 saturated heterocycles. The molecule has 12 heteroatoms. The molecule has 0 saturated carbocycles. The standard InChI is InChI=1S/C45H75NO11/c1-28-16-19-35(48)24-36-14-13-15-37(56-36)25-39(52-9)32(5)40(53-10)26-41(54-11)33(6)45(57-42(50)21-17-28)34(7)43(51)29(2)18-20-38(49)31(4)44(55-12)30(3)22-23-46(8)27-47/h13-14,16-17,21-23,27,29-37,39-41,43-45,48,51H,15,18-20,24-26H2,1-12H3/b21-17-,23-22+,28-16-/t29-,30+,31-,32+,33-,34-,35+,36-,37-,39-,40-,41+,43-,44+,45-/m0/s1. The number of ether oxygens (including phenoxy) is 6. The van der Waals surface area contributed by atoms with Crippen molar-refractivity contribution in [1.29, 1.82) is 0 Å². The molecule has 2 N–H and O–H groups in total. The van der Waals surface area contributed by atoms with E-state index in [1.54, 1.807) is 47.8 Å². The van der Waals surface area contributed by atoms with Gasteiger partial charge in [0.2, 0.25) is 6.41 Å². The van der Waals surface area contributed by atoms with E-state index in [-0.39, 0.29) is 66.4 Å². The molecule has 0 aromatic rings. The molecule has 1 amide bonds. The number of carbonyl (C=O) groups is 3. The third-order valence-electron chi connectivity index (χ3n) is 12.3. The number of hydrogen-bond donors (Lipinski definition) is 2. The maximum Gasteiger partial charge on any atom is 0.331 e. The van der Waals surface area contributed by atoms with E-state index >= 15 is 0 Å². The number of nitrogens with zero attached hydrogens (tertiary/aromatic N) is 1. The highest BCUT2D eigenvalue weighted by molar-refractivity contribution is 5.82. The molecule has 0 spiro atoms. The third-order valence-corrected chi connectivity index (χ3v) is 12.3. The fraction of sp³-hybridized carbons (Fsp3) is 0.756. The molecule has 0 aromatic carbocycles. The quantitative estimate of drug-likeness (QED) is 0.104. The predicted molar refractivity (Wildman–Crippen MR) is 221 cm³/mol. The number of aliphatic hydroxyl groups is 2. The SMILES string of the molecule is CO[C@H]([C@H](C)/C=C/N(C)C=O)[C@@H](C)C(=O)CC[C@H](C)[C@H](O)[C@H](C)[C@H]1OC(=O)/C=C\C(C)=C/C[C@@H](O)C[C@@H]2C=CC[C@@H](C[C@H](OC)[C@@H](C)[C@@H](OC)C[C@@H](OC)[C@@H]1C)O2. The summed E-state index contributed by atoms with van der Waals surface area (Å²) in [6.45, 7) is 13.5. The predicted octanol–water partition coefficient (Wildman–Crippen LogP) is 6.24. The number of fused-ring (bicyclic) bond motifs is 2. The Morgan fingerprint density at radius 1 is 0.965 bits per heavy atom. The van der Waals surface area contributed by atoms with Gasteiger partial charge in [-0.2, -0.15) is 0 Å². The van der Waals surface area contributed by atoms with Gasteiger partial charge in [0.1, 0.15) is 11.9 Å². The Hall–Kier alpha value is -2.71. The van der Waals surface area contributed by atoms with E-state index in [1.165, 1.54) is 11.0 Å². The van der Waals surface area contributed by atoms with Crippen molar-refractivity contribution in [3.63, 3.8) is 0 Å².